The number of rotatable bonds is 2. The molecule has 2 heterocycles. The van der Waals surface area contributed by atoms with Gasteiger partial charge >= 0.3 is 0 Å². The Hall–Kier alpha value is -2.02. The molecule has 1 aromatic carbocycles. The average molecular weight is 291 g/mol. The molecule has 0 aliphatic carbocycles. The molecule has 0 aliphatic rings. The van der Waals surface area contributed by atoms with E-state index in [9.17, 15) is 0 Å². The summed E-state index contributed by atoms with van der Waals surface area (Å²) < 4.78 is 2.53. The van der Waals surface area contributed by atoms with Crippen LogP contribution in [-0.2, 0) is 0 Å². The van der Waals surface area contributed by atoms with E-state index >= 15 is 0 Å². The third-order valence-corrected chi connectivity index (χ3v) is 2.94. The van der Waals surface area contributed by atoms with Gasteiger partial charge in [-0.3, -0.25) is 5.10 Å². The monoisotopic (exact) mass is 290 g/mol. The lowest BCUT2D eigenvalue weighted by Crippen LogP contribution is -1.95. The van der Waals surface area contributed by atoms with E-state index in [1.165, 1.54) is 0 Å². The first kappa shape index (κ1) is 10.2. The zero-order chi connectivity index (χ0) is 11.7. The molecule has 3 rings (SSSR count). The van der Waals surface area contributed by atoms with Crippen molar-refractivity contribution in [2.45, 2.75) is 0 Å². The van der Waals surface area contributed by atoms with Crippen molar-refractivity contribution in [3.63, 3.8) is 0 Å². The Balaban J connectivity index is 2.09. The molecule has 0 amide bonds. The third-order valence-electron chi connectivity index (χ3n) is 2.34. The van der Waals surface area contributed by atoms with E-state index < -0.39 is 0 Å². The van der Waals surface area contributed by atoms with Gasteiger partial charge in [-0.25, -0.2) is 4.68 Å². The number of halogens is 1. The Morgan fingerprint density at radius 3 is 2.94 bits per heavy atom. The molecule has 17 heavy (non-hydrogen) atoms. The molecule has 0 spiro atoms. The van der Waals surface area contributed by atoms with Crippen molar-refractivity contribution in [2.24, 2.45) is 0 Å². The third kappa shape index (κ3) is 1.84. The quantitative estimate of drug-likeness (QED) is 0.781. The molecular formula is C10H7BrN6. The normalized spacial score (nSPS) is 10.6. The van der Waals surface area contributed by atoms with Gasteiger partial charge in [-0.05, 0) is 38.5 Å². The smallest absolute Gasteiger partial charge is 0.143 e. The van der Waals surface area contributed by atoms with Gasteiger partial charge in [0.05, 0.1) is 22.1 Å². The van der Waals surface area contributed by atoms with Crippen LogP contribution in [0.15, 0.2) is 41.3 Å². The van der Waals surface area contributed by atoms with E-state index in [1.54, 1.807) is 17.2 Å². The molecule has 0 saturated carbocycles. The Labute approximate surface area is 105 Å². The summed E-state index contributed by atoms with van der Waals surface area (Å²) >= 11 is 3.44. The molecule has 0 aliphatic heterocycles. The van der Waals surface area contributed by atoms with Crippen LogP contribution >= 0.6 is 15.9 Å². The Morgan fingerprint density at radius 1 is 1.29 bits per heavy atom. The lowest BCUT2D eigenvalue weighted by molar-refractivity contribution is 0.789. The summed E-state index contributed by atoms with van der Waals surface area (Å²) in [6.07, 6.45) is 3.28. The maximum Gasteiger partial charge on any atom is 0.143 e. The molecule has 7 heteroatoms. The van der Waals surface area contributed by atoms with Gasteiger partial charge in [0.15, 0.2) is 0 Å². The van der Waals surface area contributed by atoms with Crippen LogP contribution in [-0.4, -0.2) is 30.4 Å². The number of aromatic nitrogens is 6. The molecule has 3 aromatic rings. The molecule has 0 saturated heterocycles. The standard InChI is InChI=1S/C10H7BrN6/c11-9-5-12-14-10(9)7-2-1-3-8(4-7)17-6-13-15-16-17/h1-6H,(H,12,14). The number of nitrogens with one attached hydrogen (secondary N) is 1. The first-order valence-corrected chi connectivity index (χ1v) is 5.66. The first-order chi connectivity index (χ1) is 8.34. The average Bonchev–Trinajstić information content (AvgIpc) is 2.99. The van der Waals surface area contributed by atoms with Crippen LogP contribution < -0.4 is 0 Å². The maximum atomic E-state index is 3.97. The number of hydrogen-bond donors (Lipinski definition) is 1. The molecule has 0 radical (unpaired) electrons. The van der Waals surface area contributed by atoms with Gasteiger partial charge in [-0.1, -0.05) is 12.1 Å². The van der Waals surface area contributed by atoms with Crippen molar-refractivity contribution in [3.8, 4) is 16.9 Å². The molecule has 84 valence electrons. The van der Waals surface area contributed by atoms with E-state index in [0.29, 0.717) is 0 Å². The van der Waals surface area contributed by atoms with Crippen LogP contribution in [0, 0.1) is 0 Å². The Kier molecular flexibility index (Phi) is 2.45. The van der Waals surface area contributed by atoms with E-state index in [-0.39, 0.29) is 0 Å². The first-order valence-electron chi connectivity index (χ1n) is 4.87. The number of benzene rings is 1. The summed E-state index contributed by atoms with van der Waals surface area (Å²) in [5.41, 5.74) is 2.84. The van der Waals surface area contributed by atoms with E-state index in [2.05, 4.69) is 41.7 Å². The second-order valence-electron chi connectivity index (χ2n) is 3.40. The summed E-state index contributed by atoms with van der Waals surface area (Å²) in [6.45, 7) is 0. The Bertz CT molecular complexity index is 630. The van der Waals surface area contributed by atoms with Gasteiger partial charge in [0, 0.05) is 5.56 Å². The van der Waals surface area contributed by atoms with Gasteiger partial charge in [0.25, 0.3) is 0 Å². The van der Waals surface area contributed by atoms with Gasteiger partial charge in [-0.2, -0.15) is 5.10 Å². The van der Waals surface area contributed by atoms with Crippen molar-refractivity contribution in [2.75, 3.05) is 0 Å². The van der Waals surface area contributed by atoms with Crippen LogP contribution in [0.4, 0.5) is 0 Å². The molecule has 0 fully saturated rings. The van der Waals surface area contributed by atoms with Crippen LogP contribution in [0.2, 0.25) is 0 Å². The van der Waals surface area contributed by atoms with Crippen molar-refractivity contribution >= 4 is 15.9 Å². The zero-order valence-corrected chi connectivity index (χ0v) is 10.2. The SMILES string of the molecule is Brc1cn[nH]c1-c1cccc(-n2cnnn2)c1. The van der Waals surface area contributed by atoms with Crippen LogP contribution in [0.1, 0.15) is 0 Å². The molecule has 6 nitrogen and oxygen atoms in total. The van der Waals surface area contributed by atoms with Crippen LogP contribution in [0.25, 0.3) is 16.9 Å². The number of aromatic amines is 1. The lowest BCUT2D eigenvalue weighted by atomic mass is 10.1. The minimum absolute atomic E-state index is 0.897. The van der Waals surface area contributed by atoms with E-state index in [1.807, 2.05) is 24.3 Å². The summed E-state index contributed by atoms with van der Waals surface area (Å²) in [6, 6.07) is 7.85. The highest BCUT2D eigenvalue weighted by atomic mass is 79.9. The molecule has 1 N–H and O–H groups in total. The van der Waals surface area contributed by atoms with Crippen molar-refractivity contribution in [1.29, 1.82) is 0 Å². The van der Waals surface area contributed by atoms with Crippen molar-refractivity contribution in [3.05, 3.63) is 41.3 Å². The highest BCUT2D eigenvalue weighted by Crippen LogP contribution is 2.26. The van der Waals surface area contributed by atoms with E-state index in [4.69, 9.17) is 0 Å². The number of H-pyrrole nitrogens is 1. The fourth-order valence-electron chi connectivity index (χ4n) is 1.56. The minimum atomic E-state index is 0.897. The van der Waals surface area contributed by atoms with Gasteiger partial charge in [-0.15, -0.1) is 5.10 Å². The summed E-state index contributed by atoms with van der Waals surface area (Å²) in [4.78, 5) is 0. The van der Waals surface area contributed by atoms with Crippen LogP contribution in [0.5, 0.6) is 0 Å². The predicted octanol–water partition coefficient (Wildman–Crippen LogP) is 1.81. The largest absolute Gasteiger partial charge is 0.277 e. The lowest BCUT2D eigenvalue weighted by Gasteiger charge is -2.02. The van der Waals surface area contributed by atoms with Gasteiger partial charge in [0.1, 0.15) is 6.33 Å². The summed E-state index contributed by atoms with van der Waals surface area (Å²) in [5, 5.41) is 18.0. The van der Waals surface area contributed by atoms with Crippen molar-refractivity contribution < 1.29 is 0 Å². The van der Waals surface area contributed by atoms with Crippen molar-refractivity contribution in [1.82, 2.24) is 30.4 Å². The van der Waals surface area contributed by atoms with Crippen LogP contribution in [0.3, 0.4) is 0 Å². The fourth-order valence-corrected chi connectivity index (χ4v) is 1.98. The number of tetrazole rings is 1. The zero-order valence-electron chi connectivity index (χ0n) is 8.58. The van der Waals surface area contributed by atoms with Gasteiger partial charge in [0.2, 0.25) is 0 Å². The second kappa shape index (κ2) is 4.10. The topological polar surface area (TPSA) is 72.3 Å². The molecule has 0 unspecified atom stereocenters. The molecular weight excluding hydrogens is 284 g/mol. The number of hydrogen-bond acceptors (Lipinski definition) is 4. The van der Waals surface area contributed by atoms with E-state index in [0.717, 1.165) is 21.4 Å². The number of nitrogens with zero attached hydrogens (tertiary/aromatic N) is 5. The highest BCUT2D eigenvalue weighted by Gasteiger charge is 2.06. The highest BCUT2D eigenvalue weighted by molar-refractivity contribution is 9.10. The van der Waals surface area contributed by atoms with Gasteiger partial charge < -0.3 is 0 Å². The maximum absolute atomic E-state index is 3.97. The predicted molar refractivity (Wildman–Crippen MR) is 64.4 cm³/mol. The minimum Gasteiger partial charge on any atom is -0.277 e. The molecule has 0 atom stereocenters. The molecule has 0 bridgehead atoms. The fraction of sp³-hybridized carbons (Fsp3) is 0. The molecule has 2 aromatic heterocycles. The summed E-state index contributed by atoms with van der Waals surface area (Å²) in [7, 11) is 0. The summed E-state index contributed by atoms with van der Waals surface area (Å²) in [5.74, 6) is 0. The second-order valence-corrected chi connectivity index (χ2v) is 4.25. The Morgan fingerprint density at radius 2 is 2.24 bits per heavy atom.